The van der Waals surface area contributed by atoms with E-state index in [1.54, 1.807) is 31.0 Å². The van der Waals surface area contributed by atoms with Crippen LogP contribution in [-0.2, 0) is 23.0 Å². The molecule has 0 fully saturated rings. The molecule has 0 radical (unpaired) electrons. The number of hydrogen-bond donors (Lipinski definition) is 0. The van der Waals surface area contributed by atoms with Crippen molar-refractivity contribution in [2.24, 2.45) is 7.05 Å². The van der Waals surface area contributed by atoms with E-state index in [4.69, 9.17) is 4.74 Å². The summed E-state index contributed by atoms with van der Waals surface area (Å²) in [5, 5.41) is 1.18. The van der Waals surface area contributed by atoms with E-state index >= 15 is 0 Å². The molecule has 1 amide bonds. The summed E-state index contributed by atoms with van der Waals surface area (Å²) in [7, 11) is 1.57. The maximum absolute atomic E-state index is 13.6. The third kappa shape index (κ3) is 4.09. The molecular formula is C30H28N2O4. The lowest BCUT2D eigenvalue weighted by atomic mass is 9.96. The van der Waals surface area contributed by atoms with E-state index in [0.29, 0.717) is 22.9 Å². The van der Waals surface area contributed by atoms with Crippen molar-refractivity contribution in [1.82, 2.24) is 4.57 Å². The number of amides is 1. The Labute approximate surface area is 209 Å². The van der Waals surface area contributed by atoms with Gasteiger partial charge >= 0.3 is 5.97 Å². The predicted molar refractivity (Wildman–Crippen MR) is 141 cm³/mol. The van der Waals surface area contributed by atoms with Crippen LogP contribution in [0.1, 0.15) is 35.0 Å². The number of para-hydroxylation sites is 1. The fraction of sp³-hybridized carbons (Fsp3) is 0.233. The molecule has 0 bridgehead atoms. The van der Waals surface area contributed by atoms with E-state index < -0.39 is 12.1 Å². The van der Waals surface area contributed by atoms with Gasteiger partial charge in [0.2, 0.25) is 0 Å². The molecule has 1 aromatic heterocycles. The van der Waals surface area contributed by atoms with Crippen molar-refractivity contribution >= 4 is 28.3 Å². The molecular weight excluding hydrogens is 452 g/mol. The number of carbonyl (C=O) groups is 2. The Morgan fingerprint density at radius 1 is 0.917 bits per heavy atom. The summed E-state index contributed by atoms with van der Waals surface area (Å²) < 4.78 is 7.07. The molecule has 0 N–H and O–H groups in total. The highest BCUT2D eigenvalue weighted by atomic mass is 16.5. The highest BCUT2D eigenvalue weighted by molar-refractivity contribution is 6.07. The van der Waals surface area contributed by atoms with E-state index in [2.05, 4.69) is 0 Å². The summed E-state index contributed by atoms with van der Waals surface area (Å²) in [5.41, 5.74) is 4.28. The van der Waals surface area contributed by atoms with Gasteiger partial charge in [-0.2, -0.15) is 0 Å². The van der Waals surface area contributed by atoms with Crippen LogP contribution in [0.2, 0.25) is 0 Å². The summed E-state index contributed by atoms with van der Waals surface area (Å²) in [6.07, 6.45) is 0.740. The number of ether oxygens (including phenoxy) is 1. The number of benzene rings is 3. The second-order valence-corrected chi connectivity index (χ2v) is 9.27. The second-order valence-electron chi connectivity index (χ2n) is 9.27. The summed E-state index contributed by atoms with van der Waals surface area (Å²) in [5.74, 6) is -0.986. The predicted octanol–water partition coefficient (Wildman–Crippen LogP) is 5.04. The first-order valence-corrected chi connectivity index (χ1v) is 12.2. The molecule has 1 aliphatic rings. The molecule has 1 aliphatic heterocycles. The molecule has 1 atom stereocenters. The van der Waals surface area contributed by atoms with Gasteiger partial charge in [-0.3, -0.25) is 9.59 Å². The topological polar surface area (TPSA) is 68.6 Å². The number of fused-ring (bicyclic) bond motifs is 2. The first-order valence-electron chi connectivity index (χ1n) is 12.2. The van der Waals surface area contributed by atoms with Gasteiger partial charge in [-0.05, 0) is 55.3 Å². The summed E-state index contributed by atoms with van der Waals surface area (Å²) in [6, 6.07) is 22.8. The smallest absolute Gasteiger partial charge is 0.356 e. The van der Waals surface area contributed by atoms with Gasteiger partial charge in [-0.15, -0.1) is 0 Å². The number of pyridine rings is 1. The van der Waals surface area contributed by atoms with Crippen molar-refractivity contribution in [3.63, 3.8) is 0 Å². The molecule has 5 rings (SSSR count). The molecule has 4 aromatic rings. The maximum Gasteiger partial charge on any atom is 0.356 e. The van der Waals surface area contributed by atoms with Gasteiger partial charge in [-0.25, -0.2) is 4.79 Å². The minimum absolute atomic E-state index is 0.126. The Morgan fingerprint density at radius 3 is 2.33 bits per heavy atom. The average molecular weight is 481 g/mol. The van der Waals surface area contributed by atoms with Crippen LogP contribution in [0.4, 0.5) is 5.69 Å². The number of anilines is 1. The van der Waals surface area contributed by atoms with Crippen LogP contribution in [0, 0.1) is 6.92 Å². The lowest BCUT2D eigenvalue weighted by Crippen LogP contribution is -2.43. The van der Waals surface area contributed by atoms with Crippen LogP contribution < -0.4 is 10.5 Å². The summed E-state index contributed by atoms with van der Waals surface area (Å²) in [6.45, 7) is 4.15. The van der Waals surface area contributed by atoms with E-state index in [0.717, 1.165) is 35.2 Å². The van der Waals surface area contributed by atoms with Crippen molar-refractivity contribution in [3.05, 3.63) is 100.0 Å². The van der Waals surface area contributed by atoms with Crippen LogP contribution in [0.25, 0.3) is 21.9 Å². The Morgan fingerprint density at radius 2 is 1.58 bits per heavy atom. The first kappa shape index (κ1) is 23.5. The normalized spacial score (nSPS) is 13.8. The number of nitrogens with zero attached hydrogens (tertiary/aromatic N) is 2. The van der Waals surface area contributed by atoms with Gasteiger partial charge in [0.1, 0.15) is 5.69 Å². The second kappa shape index (κ2) is 9.46. The molecule has 36 heavy (non-hydrogen) atoms. The van der Waals surface area contributed by atoms with Crippen molar-refractivity contribution in [1.29, 1.82) is 0 Å². The van der Waals surface area contributed by atoms with Gasteiger partial charge < -0.3 is 14.2 Å². The van der Waals surface area contributed by atoms with Gasteiger partial charge in [0.05, 0.1) is 0 Å². The molecule has 2 heterocycles. The highest BCUT2D eigenvalue weighted by Crippen LogP contribution is 2.32. The zero-order chi connectivity index (χ0) is 25.4. The quantitative estimate of drug-likeness (QED) is 0.384. The van der Waals surface area contributed by atoms with Crippen LogP contribution >= 0.6 is 0 Å². The zero-order valence-corrected chi connectivity index (χ0v) is 20.7. The Kier molecular flexibility index (Phi) is 6.18. The SMILES string of the molecule is Cc1ccc(-c2c(C(=O)OC(C)C(=O)N3CCCc4ccccc43)n(C)c(=O)c3ccccc23)cc1. The molecule has 0 aliphatic carbocycles. The van der Waals surface area contributed by atoms with Crippen LogP contribution in [-0.4, -0.2) is 29.1 Å². The van der Waals surface area contributed by atoms with E-state index in [9.17, 15) is 14.4 Å². The van der Waals surface area contributed by atoms with E-state index in [-0.39, 0.29) is 17.2 Å². The minimum atomic E-state index is -1.02. The number of aryl methyl sites for hydroxylation is 2. The van der Waals surface area contributed by atoms with Crippen molar-refractivity contribution in [2.75, 3.05) is 11.4 Å². The van der Waals surface area contributed by atoms with Gasteiger partial charge in [-0.1, -0.05) is 66.2 Å². The first-order chi connectivity index (χ1) is 17.4. The Bertz CT molecular complexity index is 1540. The van der Waals surface area contributed by atoms with Crippen molar-refractivity contribution in [2.45, 2.75) is 32.8 Å². The van der Waals surface area contributed by atoms with Crippen LogP contribution in [0.3, 0.4) is 0 Å². The highest BCUT2D eigenvalue weighted by Gasteiger charge is 2.31. The molecule has 182 valence electrons. The number of aromatic nitrogens is 1. The number of esters is 1. The number of carbonyl (C=O) groups excluding carboxylic acids is 2. The maximum atomic E-state index is 13.6. The molecule has 1 unspecified atom stereocenters. The van der Waals surface area contributed by atoms with Gasteiger partial charge in [0.25, 0.3) is 11.5 Å². The fourth-order valence-corrected chi connectivity index (χ4v) is 4.97. The molecule has 0 spiro atoms. The third-order valence-electron chi connectivity index (χ3n) is 6.85. The van der Waals surface area contributed by atoms with Crippen LogP contribution in [0.5, 0.6) is 0 Å². The van der Waals surface area contributed by atoms with Crippen LogP contribution in [0.15, 0.2) is 77.6 Å². The largest absolute Gasteiger partial charge is 0.448 e. The molecule has 6 heteroatoms. The lowest BCUT2D eigenvalue weighted by molar-refractivity contribution is -0.126. The standard InChI is InChI=1S/C30H28N2O4/c1-19-14-16-22(17-15-19)26-23-11-5-6-12-24(23)29(34)31(3)27(26)30(35)36-20(2)28(33)32-18-8-10-21-9-4-7-13-25(21)32/h4-7,9,11-17,20H,8,10,18H2,1-3H3. The fourth-order valence-electron chi connectivity index (χ4n) is 4.97. The molecule has 6 nitrogen and oxygen atoms in total. The molecule has 0 saturated heterocycles. The average Bonchev–Trinajstić information content (AvgIpc) is 2.90. The zero-order valence-electron chi connectivity index (χ0n) is 20.7. The third-order valence-corrected chi connectivity index (χ3v) is 6.85. The molecule has 0 saturated carbocycles. The monoisotopic (exact) mass is 480 g/mol. The molecule has 3 aromatic carbocycles. The minimum Gasteiger partial charge on any atom is -0.448 e. The number of rotatable bonds is 4. The van der Waals surface area contributed by atoms with E-state index in [1.807, 2.05) is 67.6 Å². The van der Waals surface area contributed by atoms with E-state index in [1.165, 1.54) is 4.57 Å². The van der Waals surface area contributed by atoms with Crippen molar-refractivity contribution < 1.29 is 14.3 Å². The summed E-state index contributed by atoms with van der Waals surface area (Å²) in [4.78, 5) is 41.8. The summed E-state index contributed by atoms with van der Waals surface area (Å²) >= 11 is 0. The number of hydrogen-bond acceptors (Lipinski definition) is 4. The van der Waals surface area contributed by atoms with Gasteiger partial charge in [0.15, 0.2) is 6.10 Å². The lowest BCUT2D eigenvalue weighted by Gasteiger charge is -2.31. The van der Waals surface area contributed by atoms with Crippen molar-refractivity contribution in [3.8, 4) is 11.1 Å². The Hall–Kier alpha value is -4.19. The Balaban J connectivity index is 1.55. The van der Waals surface area contributed by atoms with Gasteiger partial charge in [0, 0.05) is 30.2 Å².